The highest BCUT2D eigenvalue weighted by Gasteiger charge is 2.44. The third-order valence-electron chi connectivity index (χ3n) is 12.8. The number of aldehydes is 2. The summed E-state index contributed by atoms with van der Waals surface area (Å²) >= 11 is 0. The van der Waals surface area contributed by atoms with Crippen LogP contribution in [0.3, 0.4) is 0 Å². The molecule has 11 unspecified atom stereocenters. The van der Waals surface area contributed by atoms with E-state index in [2.05, 4.69) is 57.0 Å². The highest BCUT2D eigenvalue weighted by atomic mass is 16.5. The third-order valence-corrected chi connectivity index (χ3v) is 12.8. The highest BCUT2D eigenvalue weighted by molar-refractivity contribution is 5.86. The number of aromatic amines is 1. The fourth-order valence-corrected chi connectivity index (χ4v) is 9.70. The van der Waals surface area contributed by atoms with Crippen molar-refractivity contribution in [3.63, 3.8) is 0 Å². The van der Waals surface area contributed by atoms with Crippen molar-refractivity contribution in [2.75, 3.05) is 11.9 Å². The van der Waals surface area contributed by atoms with Crippen LogP contribution >= 0.6 is 0 Å². The number of anilines is 1. The van der Waals surface area contributed by atoms with Crippen LogP contribution in [0.5, 0.6) is 0 Å². The van der Waals surface area contributed by atoms with Gasteiger partial charge in [0.1, 0.15) is 30.6 Å². The minimum atomic E-state index is -1.46. The lowest BCUT2D eigenvalue weighted by Gasteiger charge is -2.47. The topological polar surface area (TPSA) is 277 Å². The van der Waals surface area contributed by atoms with E-state index in [4.69, 9.17) is 11.5 Å². The van der Waals surface area contributed by atoms with Gasteiger partial charge in [-0.1, -0.05) is 42.5 Å². The summed E-state index contributed by atoms with van der Waals surface area (Å²) in [7, 11) is 0. The van der Waals surface area contributed by atoms with E-state index in [0.29, 0.717) is 49.9 Å². The van der Waals surface area contributed by atoms with Gasteiger partial charge in [-0.05, 0) is 127 Å². The van der Waals surface area contributed by atoms with Gasteiger partial charge < -0.3 is 67.3 Å². The predicted octanol–water partition coefficient (Wildman–Crippen LogP) is 2.40. The Morgan fingerprint density at radius 1 is 1.00 bits per heavy atom. The van der Waals surface area contributed by atoms with Crippen molar-refractivity contribution < 1.29 is 45.0 Å². The van der Waals surface area contributed by atoms with Crippen molar-refractivity contribution in [2.24, 2.45) is 40.1 Å². The van der Waals surface area contributed by atoms with Crippen molar-refractivity contribution in [1.29, 1.82) is 0 Å². The summed E-state index contributed by atoms with van der Waals surface area (Å²) in [6.07, 6.45) is 9.71. The minimum Gasteiger partial charge on any atom is -0.478 e. The molecule has 3 aromatic rings. The molecule has 2 aromatic carbocycles. The maximum Gasteiger partial charge on any atom is 0.328 e. The van der Waals surface area contributed by atoms with E-state index >= 15 is 0 Å². The number of aromatic nitrogens is 1. The Bertz CT molecular complexity index is 2020. The van der Waals surface area contributed by atoms with Gasteiger partial charge in [0.2, 0.25) is 0 Å². The summed E-state index contributed by atoms with van der Waals surface area (Å²) in [5.74, 6) is -0.670. The number of benzene rings is 2. The molecule has 2 aliphatic carbocycles. The number of hydrogen-bond donors (Lipinski definition) is 11. The number of aliphatic hydroxyl groups is 5. The van der Waals surface area contributed by atoms with Gasteiger partial charge >= 0.3 is 5.97 Å². The van der Waals surface area contributed by atoms with E-state index in [9.17, 15) is 45.0 Å². The summed E-state index contributed by atoms with van der Waals surface area (Å²) in [5, 5.41) is 68.3. The molecule has 2 heterocycles. The molecule has 324 valence electrons. The number of guanidine groups is 1. The van der Waals surface area contributed by atoms with Crippen molar-refractivity contribution >= 4 is 41.1 Å². The standard InChI is InChI=1S/C45H60N6O9/c46-32(10-4-26(23-53)5-12-41(56)57)11-9-27-7-8-29-18-31-17-28-6-3-25(13-15-52)16-30(28)19-33(31)43(27)34(29)20-36(49-40-2-1-14-48-40)35(21-42(58)59)37-22-38(51-45(47)50-37)44(60)39(55)24-54/h1-3,6-8,14-17,19,21,23,26-27,29,32,34,36-39,41,43-44,48-49,54-57,60H,4-5,9-13,18,20,22,24,46H2,(H,58,59)(H3,47,50,51). The zero-order valence-electron chi connectivity index (χ0n) is 33.7. The Morgan fingerprint density at radius 3 is 2.50 bits per heavy atom. The van der Waals surface area contributed by atoms with Crippen molar-refractivity contribution in [1.82, 2.24) is 10.3 Å². The lowest BCUT2D eigenvalue weighted by molar-refractivity contribution is -0.131. The molecule has 1 aliphatic heterocycles. The van der Waals surface area contributed by atoms with E-state index < -0.39 is 49.2 Å². The maximum atomic E-state index is 12.6. The summed E-state index contributed by atoms with van der Waals surface area (Å²) in [6.45, 7) is -0.677. The van der Waals surface area contributed by atoms with Crippen LogP contribution in [0, 0.1) is 23.7 Å². The first-order valence-electron chi connectivity index (χ1n) is 21.0. The summed E-state index contributed by atoms with van der Waals surface area (Å²) in [4.78, 5) is 43.7. The zero-order chi connectivity index (χ0) is 42.9. The molecule has 0 amide bonds. The summed E-state index contributed by atoms with van der Waals surface area (Å²) < 4.78 is 0. The number of nitrogens with one attached hydrogen (secondary N) is 3. The van der Waals surface area contributed by atoms with Gasteiger partial charge in [0.25, 0.3) is 0 Å². The minimum absolute atomic E-state index is 0.00118. The van der Waals surface area contributed by atoms with Crippen LogP contribution in [0.15, 0.2) is 77.5 Å². The van der Waals surface area contributed by atoms with Crippen LogP contribution < -0.4 is 22.1 Å². The fraction of sp³-hybridized carbons (Fsp3) is 0.511. The van der Waals surface area contributed by atoms with Crippen molar-refractivity contribution in [3.05, 3.63) is 89.2 Å². The van der Waals surface area contributed by atoms with Gasteiger partial charge in [-0.3, -0.25) is 0 Å². The second-order valence-electron chi connectivity index (χ2n) is 16.8. The molecule has 0 saturated carbocycles. The second kappa shape index (κ2) is 20.6. The van der Waals surface area contributed by atoms with E-state index in [1.807, 2.05) is 18.2 Å². The largest absolute Gasteiger partial charge is 0.478 e. The molecule has 0 radical (unpaired) electrons. The van der Waals surface area contributed by atoms with E-state index in [-0.39, 0.29) is 54.4 Å². The molecular weight excluding hydrogens is 769 g/mol. The molecule has 3 aliphatic rings. The number of hydrogen-bond acceptors (Lipinski definition) is 13. The number of nitrogens with zero attached hydrogens (tertiary/aromatic N) is 1. The predicted molar refractivity (Wildman–Crippen MR) is 228 cm³/mol. The van der Waals surface area contributed by atoms with Gasteiger partial charge in [0.15, 0.2) is 12.2 Å². The first kappa shape index (κ1) is 44.6. The molecule has 11 atom stereocenters. The van der Waals surface area contributed by atoms with Crippen LogP contribution in [-0.4, -0.2) is 109 Å². The number of aliphatic imine (C=N–C) groups is 1. The third kappa shape index (κ3) is 11.1. The Balaban J connectivity index is 1.36. The molecule has 15 nitrogen and oxygen atoms in total. The van der Waals surface area contributed by atoms with E-state index in [1.54, 1.807) is 6.20 Å². The number of rotatable bonds is 22. The Kier molecular flexibility index (Phi) is 15.3. The molecule has 13 N–H and O–H groups in total. The molecule has 60 heavy (non-hydrogen) atoms. The normalized spacial score (nSPS) is 25.1. The SMILES string of the molecule is NC1=NC(C(=CC(=O)O)C(CC2C3C=CC(CCC(N)CCC(C=O)CCC(O)O)C2c2cc4cc(CC=O)ccc4cc2C3)Nc2ccc[nH]2)CC(C(O)C(O)CO)N1. The Morgan fingerprint density at radius 2 is 1.80 bits per heavy atom. The summed E-state index contributed by atoms with van der Waals surface area (Å²) in [5.41, 5.74) is 16.7. The van der Waals surface area contributed by atoms with E-state index in [0.717, 1.165) is 47.8 Å². The first-order valence-corrected chi connectivity index (χ1v) is 21.0. The average Bonchev–Trinajstić information content (AvgIpc) is 3.74. The molecule has 2 bridgehead atoms. The first-order chi connectivity index (χ1) is 28.9. The maximum absolute atomic E-state index is 12.6. The number of carboxylic acids is 1. The van der Waals surface area contributed by atoms with Crippen molar-refractivity contribution in [3.8, 4) is 0 Å². The molecular formula is C45H60N6O9. The van der Waals surface area contributed by atoms with Crippen LogP contribution in [0.2, 0.25) is 0 Å². The molecule has 0 saturated heterocycles. The number of allylic oxidation sites excluding steroid dienone is 2. The lowest BCUT2D eigenvalue weighted by Crippen LogP contribution is -2.56. The van der Waals surface area contributed by atoms with Gasteiger partial charge in [-0.25, -0.2) is 9.79 Å². The molecule has 1 aromatic heterocycles. The number of nitrogens with two attached hydrogens (primary N) is 2. The number of aliphatic hydroxyl groups excluding tert-OH is 4. The molecule has 0 fully saturated rings. The smallest absolute Gasteiger partial charge is 0.328 e. The zero-order valence-corrected chi connectivity index (χ0v) is 33.7. The lowest BCUT2D eigenvalue weighted by atomic mass is 9.58. The summed E-state index contributed by atoms with van der Waals surface area (Å²) in [6, 6.07) is 11.9. The number of H-pyrrole nitrogens is 1. The fourth-order valence-electron chi connectivity index (χ4n) is 9.70. The Hall–Kier alpha value is -4.90. The molecule has 0 spiro atoms. The van der Waals surface area contributed by atoms with Crippen LogP contribution in [0.25, 0.3) is 10.8 Å². The molecule has 6 rings (SSSR count). The van der Waals surface area contributed by atoms with Gasteiger partial charge in [0.05, 0.1) is 24.7 Å². The van der Waals surface area contributed by atoms with E-state index in [1.165, 1.54) is 11.1 Å². The van der Waals surface area contributed by atoms with Gasteiger partial charge in [0, 0.05) is 30.7 Å². The number of fused-ring (bicyclic) bond motifs is 5. The van der Waals surface area contributed by atoms with Gasteiger partial charge in [-0.2, -0.15) is 0 Å². The highest BCUT2D eigenvalue weighted by Crippen LogP contribution is 2.52. The van der Waals surface area contributed by atoms with Crippen molar-refractivity contribution in [2.45, 2.75) is 113 Å². The van der Waals surface area contributed by atoms with Crippen LogP contribution in [-0.2, 0) is 27.2 Å². The number of carbonyl (C=O) groups excluding carboxylic acids is 2. The Labute approximate surface area is 349 Å². The average molecular weight is 829 g/mol. The van der Waals surface area contributed by atoms with Crippen LogP contribution in [0.1, 0.15) is 74.0 Å². The number of aliphatic carboxylic acids is 1. The second-order valence-corrected chi connectivity index (χ2v) is 16.8. The quantitative estimate of drug-likeness (QED) is 0.0301. The number of carbonyl (C=O) groups is 3. The van der Waals surface area contributed by atoms with Gasteiger partial charge in [-0.15, -0.1) is 0 Å². The molecule has 15 heteroatoms. The van der Waals surface area contributed by atoms with Crippen LogP contribution in [0.4, 0.5) is 5.82 Å². The number of carboxylic acid groups (broad SMARTS) is 1. The monoisotopic (exact) mass is 828 g/mol.